The molecule has 0 fully saturated rings. The summed E-state index contributed by atoms with van der Waals surface area (Å²) in [6.07, 6.45) is 0.945. The van der Waals surface area contributed by atoms with Gasteiger partial charge in [0.2, 0.25) is 0 Å². The SMILES string of the molecule is Fc1cnc(-c2ccc(Cl)c(Cl)c2)c(F)c1. The van der Waals surface area contributed by atoms with Crippen molar-refractivity contribution in [1.82, 2.24) is 4.98 Å². The minimum absolute atomic E-state index is 0.0416. The summed E-state index contributed by atoms with van der Waals surface area (Å²) in [7, 11) is 0. The lowest BCUT2D eigenvalue weighted by atomic mass is 10.1. The molecule has 1 nitrogen and oxygen atoms in total. The average Bonchev–Trinajstić information content (AvgIpc) is 2.22. The van der Waals surface area contributed by atoms with E-state index in [9.17, 15) is 8.78 Å². The molecule has 1 heterocycles. The minimum Gasteiger partial charge on any atom is -0.250 e. The van der Waals surface area contributed by atoms with E-state index < -0.39 is 11.6 Å². The van der Waals surface area contributed by atoms with Gasteiger partial charge in [-0.3, -0.25) is 4.98 Å². The third-order valence-electron chi connectivity index (χ3n) is 2.00. The average molecular weight is 260 g/mol. The first-order valence-electron chi connectivity index (χ1n) is 4.34. The number of pyridine rings is 1. The molecule has 0 bridgehead atoms. The van der Waals surface area contributed by atoms with Gasteiger partial charge in [0.15, 0.2) is 5.82 Å². The first-order chi connectivity index (χ1) is 7.58. The molecule has 0 saturated carbocycles. The lowest BCUT2D eigenvalue weighted by Gasteiger charge is -2.03. The molecular weight excluding hydrogens is 255 g/mol. The molecule has 0 amide bonds. The molecule has 2 rings (SSSR count). The van der Waals surface area contributed by atoms with Crippen molar-refractivity contribution >= 4 is 23.2 Å². The van der Waals surface area contributed by atoms with Crippen molar-refractivity contribution in [2.75, 3.05) is 0 Å². The van der Waals surface area contributed by atoms with Crippen molar-refractivity contribution in [3.8, 4) is 11.3 Å². The molecule has 0 aliphatic heterocycles. The van der Waals surface area contributed by atoms with Crippen LogP contribution in [0.4, 0.5) is 8.78 Å². The van der Waals surface area contributed by atoms with Gasteiger partial charge in [-0.25, -0.2) is 8.78 Å². The van der Waals surface area contributed by atoms with Crippen LogP contribution < -0.4 is 0 Å². The Morgan fingerprint density at radius 3 is 2.38 bits per heavy atom. The van der Waals surface area contributed by atoms with Gasteiger partial charge in [0.05, 0.1) is 16.2 Å². The molecular formula is C11H5Cl2F2N. The minimum atomic E-state index is -0.738. The first kappa shape index (κ1) is 11.3. The van der Waals surface area contributed by atoms with E-state index in [4.69, 9.17) is 23.2 Å². The van der Waals surface area contributed by atoms with Crippen LogP contribution in [0.1, 0.15) is 0 Å². The number of rotatable bonds is 1. The Hall–Kier alpha value is -1.19. The van der Waals surface area contributed by atoms with Gasteiger partial charge in [-0.15, -0.1) is 0 Å². The van der Waals surface area contributed by atoms with Crippen LogP contribution in [0.3, 0.4) is 0 Å². The molecule has 0 unspecified atom stereocenters. The summed E-state index contributed by atoms with van der Waals surface area (Å²) in [6, 6.07) is 5.35. The van der Waals surface area contributed by atoms with Crippen molar-refractivity contribution in [2.45, 2.75) is 0 Å². The summed E-state index contributed by atoms with van der Waals surface area (Å²) in [5.74, 6) is -1.46. The Bertz CT molecular complexity index is 544. The van der Waals surface area contributed by atoms with Crippen LogP contribution >= 0.6 is 23.2 Å². The third-order valence-corrected chi connectivity index (χ3v) is 2.74. The largest absolute Gasteiger partial charge is 0.250 e. The van der Waals surface area contributed by atoms with Gasteiger partial charge in [-0.05, 0) is 12.1 Å². The highest BCUT2D eigenvalue weighted by molar-refractivity contribution is 6.42. The molecule has 16 heavy (non-hydrogen) atoms. The summed E-state index contributed by atoms with van der Waals surface area (Å²) in [5.41, 5.74) is 0.492. The fourth-order valence-corrected chi connectivity index (χ4v) is 1.57. The Morgan fingerprint density at radius 1 is 1.00 bits per heavy atom. The molecule has 0 N–H and O–H groups in total. The normalized spacial score (nSPS) is 10.5. The number of halogens is 4. The molecule has 0 saturated heterocycles. The van der Waals surface area contributed by atoms with Gasteiger partial charge in [0.1, 0.15) is 11.5 Å². The smallest absolute Gasteiger partial charge is 0.152 e. The van der Waals surface area contributed by atoms with Crippen molar-refractivity contribution in [2.24, 2.45) is 0 Å². The molecule has 0 atom stereocenters. The fraction of sp³-hybridized carbons (Fsp3) is 0. The third kappa shape index (κ3) is 2.15. The second kappa shape index (κ2) is 4.36. The number of hydrogen-bond donors (Lipinski definition) is 0. The second-order valence-electron chi connectivity index (χ2n) is 3.11. The van der Waals surface area contributed by atoms with E-state index in [1.165, 1.54) is 12.1 Å². The zero-order valence-corrected chi connectivity index (χ0v) is 9.36. The second-order valence-corrected chi connectivity index (χ2v) is 3.93. The first-order valence-corrected chi connectivity index (χ1v) is 5.10. The molecule has 2 aromatic rings. The monoisotopic (exact) mass is 259 g/mol. The Morgan fingerprint density at radius 2 is 1.75 bits per heavy atom. The van der Waals surface area contributed by atoms with E-state index in [1.54, 1.807) is 6.07 Å². The summed E-state index contributed by atoms with van der Waals surface area (Å²) in [5, 5.41) is 0.664. The van der Waals surface area contributed by atoms with Crippen molar-refractivity contribution < 1.29 is 8.78 Å². The zero-order chi connectivity index (χ0) is 11.7. The van der Waals surface area contributed by atoms with E-state index in [2.05, 4.69) is 4.98 Å². The number of hydrogen-bond acceptors (Lipinski definition) is 1. The number of aromatic nitrogens is 1. The lowest BCUT2D eigenvalue weighted by molar-refractivity contribution is 0.576. The highest BCUT2D eigenvalue weighted by atomic mass is 35.5. The molecule has 0 aliphatic rings. The van der Waals surface area contributed by atoms with Gasteiger partial charge in [-0.1, -0.05) is 29.3 Å². The Labute approximate surface area is 101 Å². The van der Waals surface area contributed by atoms with Gasteiger partial charge in [-0.2, -0.15) is 0 Å². The molecule has 0 spiro atoms. The van der Waals surface area contributed by atoms with E-state index in [0.29, 0.717) is 15.6 Å². The lowest BCUT2D eigenvalue weighted by Crippen LogP contribution is -1.91. The van der Waals surface area contributed by atoms with E-state index >= 15 is 0 Å². The Kier molecular flexibility index (Phi) is 3.08. The molecule has 82 valence electrons. The summed E-state index contributed by atoms with van der Waals surface area (Å²) in [6.45, 7) is 0. The standard InChI is InChI=1S/C11H5Cl2F2N/c12-8-2-1-6(3-9(8)13)11-10(15)4-7(14)5-16-11/h1-5H. The summed E-state index contributed by atoms with van der Waals surface area (Å²) >= 11 is 11.5. The zero-order valence-electron chi connectivity index (χ0n) is 7.85. The van der Waals surface area contributed by atoms with Gasteiger partial charge >= 0.3 is 0 Å². The van der Waals surface area contributed by atoms with Crippen LogP contribution in [0.5, 0.6) is 0 Å². The maximum atomic E-state index is 13.4. The maximum absolute atomic E-state index is 13.4. The van der Waals surface area contributed by atoms with Crippen LogP contribution in [0.25, 0.3) is 11.3 Å². The van der Waals surface area contributed by atoms with Gasteiger partial charge < -0.3 is 0 Å². The van der Waals surface area contributed by atoms with Crippen LogP contribution in [0.2, 0.25) is 10.0 Å². The summed E-state index contributed by atoms with van der Waals surface area (Å²) in [4.78, 5) is 3.67. The predicted octanol–water partition coefficient (Wildman–Crippen LogP) is 4.33. The van der Waals surface area contributed by atoms with Crippen molar-refractivity contribution in [1.29, 1.82) is 0 Å². The molecule has 5 heteroatoms. The van der Waals surface area contributed by atoms with Crippen LogP contribution in [-0.2, 0) is 0 Å². The quantitative estimate of drug-likeness (QED) is 0.743. The van der Waals surface area contributed by atoms with Gasteiger partial charge in [0.25, 0.3) is 0 Å². The van der Waals surface area contributed by atoms with Crippen molar-refractivity contribution in [3.05, 3.63) is 52.1 Å². The topological polar surface area (TPSA) is 12.9 Å². The molecule has 0 aliphatic carbocycles. The van der Waals surface area contributed by atoms with Crippen LogP contribution in [0, 0.1) is 11.6 Å². The maximum Gasteiger partial charge on any atom is 0.152 e. The van der Waals surface area contributed by atoms with E-state index in [1.807, 2.05) is 0 Å². The van der Waals surface area contributed by atoms with Crippen molar-refractivity contribution in [3.63, 3.8) is 0 Å². The number of nitrogens with zero attached hydrogens (tertiary/aromatic N) is 1. The predicted molar refractivity (Wildman–Crippen MR) is 59.6 cm³/mol. The van der Waals surface area contributed by atoms with E-state index in [0.717, 1.165) is 12.3 Å². The van der Waals surface area contributed by atoms with Crippen LogP contribution in [-0.4, -0.2) is 4.98 Å². The Balaban J connectivity index is 2.54. The fourth-order valence-electron chi connectivity index (χ4n) is 1.27. The number of benzene rings is 1. The van der Waals surface area contributed by atoms with Crippen LogP contribution in [0.15, 0.2) is 30.5 Å². The van der Waals surface area contributed by atoms with E-state index in [-0.39, 0.29) is 5.69 Å². The highest BCUT2D eigenvalue weighted by Crippen LogP contribution is 2.28. The molecule has 1 aromatic carbocycles. The highest BCUT2D eigenvalue weighted by Gasteiger charge is 2.09. The molecule has 1 aromatic heterocycles. The molecule has 0 radical (unpaired) electrons. The van der Waals surface area contributed by atoms with Gasteiger partial charge in [0, 0.05) is 11.6 Å². The summed E-state index contributed by atoms with van der Waals surface area (Å²) < 4.78 is 26.0.